The Labute approximate surface area is 82.2 Å². The number of rotatable bonds is 3. The molecular weight excluding hydrogens is 184 g/mol. The molecule has 2 rings (SSSR count). The molecule has 1 aliphatic rings. The molecule has 0 spiro atoms. The van der Waals surface area contributed by atoms with Gasteiger partial charge in [0.05, 0.1) is 0 Å². The third kappa shape index (κ3) is 1.91. The molecule has 0 atom stereocenters. The minimum absolute atomic E-state index is 0.361. The lowest BCUT2D eigenvalue weighted by atomic mass is 10.2. The summed E-state index contributed by atoms with van der Waals surface area (Å²) < 4.78 is 10.5. The highest BCUT2D eigenvalue weighted by molar-refractivity contribution is 7.98. The van der Waals surface area contributed by atoms with Gasteiger partial charge in [-0.25, -0.2) is 0 Å². The van der Waals surface area contributed by atoms with E-state index in [0.29, 0.717) is 6.79 Å². The quantitative estimate of drug-likeness (QED) is 0.740. The second-order valence-electron chi connectivity index (χ2n) is 2.82. The third-order valence-corrected chi connectivity index (χ3v) is 2.86. The predicted molar refractivity (Wildman–Crippen MR) is 54.4 cm³/mol. The molecule has 0 saturated carbocycles. The van der Waals surface area contributed by atoms with Crippen molar-refractivity contribution in [3.8, 4) is 11.5 Å². The summed E-state index contributed by atoms with van der Waals surface area (Å²) in [6.07, 6.45) is 0. The van der Waals surface area contributed by atoms with Crippen LogP contribution in [0.4, 0.5) is 0 Å². The average Bonchev–Trinajstić information content (AvgIpc) is 2.61. The SMILES string of the molecule is CCSCc1ccc2c(c1)OCO2. The standard InChI is InChI=1S/C10H12O2S/c1-2-13-6-8-3-4-9-10(5-8)12-7-11-9/h3-5H,2,6-7H2,1H3. The molecule has 0 aliphatic carbocycles. The molecule has 0 bridgehead atoms. The molecule has 0 radical (unpaired) electrons. The molecule has 1 heterocycles. The van der Waals surface area contributed by atoms with Gasteiger partial charge in [-0.05, 0) is 23.4 Å². The summed E-state index contributed by atoms with van der Waals surface area (Å²) in [5.74, 6) is 3.95. The van der Waals surface area contributed by atoms with E-state index in [1.807, 2.05) is 17.8 Å². The molecule has 1 aliphatic heterocycles. The fraction of sp³-hybridized carbons (Fsp3) is 0.400. The predicted octanol–water partition coefficient (Wildman–Crippen LogP) is 2.67. The Morgan fingerprint density at radius 3 is 3.00 bits per heavy atom. The number of ether oxygens (including phenoxy) is 2. The zero-order valence-electron chi connectivity index (χ0n) is 7.58. The maximum Gasteiger partial charge on any atom is 0.231 e. The monoisotopic (exact) mass is 196 g/mol. The number of thioether (sulfide) groups is 1. The maximum atomic E-state index is 5.29. The molecule has 0 amide bonds. The van der Waals surface area contributed by atoms with E-state index in [9.17, 15) is 0 Å². The minimum Gasteiger partial charge on any atom is -0.454 e. The van der Waals surface area contributed by atoms with Crippen LogP contribution < -0.4 is 9.47 Å². The molecule has 1 aromatic rings. The summed E-state index contributed by atoms with van der Waals surface area (Å²) >= 11 is 1.91. The van der Waals surface area contributed by atoms with Gasteiger partial charge < -0.3 is 9.47 Å². The summed E-state index contributed by atoms with van der Waals surface area (Å²) in [6, 6.07) is 6.13. The van der Waals surface area contributed by atoms with Crippen molar-refractivity contribution in [1.82, 2.24) is 0 Å². The molecule has 3 heteroatoms. The van der Waals surface area contributed by atoms with Gasteiger partial charge in [0.1, 0.15) is 0 Å². The smallest absolute Gasteiger partial charge is 0.231 e. The van der Waals surface area contributed by atoms with Crippen LogP contribution in [0.3, 0.4) is 0 Å². The van der Waals surface area contributed by atoms with Crippen LogP contribution in [0.15, 0.2) is 18.2 Å². The molecule has 0 fully saturated rings. The van der Waals surface area contributed by atoms with Crippen LogP contribution in [0, 0.1) is 0 Å². The lowest BCUT2D eigenvalue weighted by Crippen LogP contribution is -1.92. The fourth-order valence-electron chi connectivity index (χ4n) is 1.25. The van der Waals surface area contributed by atoms with E-state index in [2.05, 4.69) is 19.1 Å². The number of hydrogen-bond donors (Lipinski definition) is 0. The summed E-state index contributed by atoms with van der Waals surface area (Å²) in [6.45, 7) is 2.53. The molecular formula is C10H12O2S. The molecule has 0 N–H and O–H groups in total. The van der Waals surface area contributed by atoms with Gasteiger partial charge in [0, 0.05) is 5.75 Å². The molecule has 0 unspecified atom stereocenters. The second-order valence-corrected chi connectivity index (χ2v) is 4.10. The minimum atomic E-state index is 0.361. The van der Waals surface area contributed by atoms with E-state index in [1.165, 1.54) is 5.56 Å². The number of benzene rings is 1. The average molecular weight is 196 g/mol. The molecule has 0 aromatic heterocycles. The van der Waals surface area contributed by atoms with Crippen LogP contribution in [0.1, 0.15) is 12.5 Å². The highest BCUT2D eigenvalue weighted by Crippen LogP contribution is 2.33. The van der Waals surface area contributed by atoms with Crippen molar-refractivity contribution in [3.63, 3.8) is 0 Å². The van der Waals surface area contributed by atoms with E-state index < -0.39 is 0 Å². The van der Waals surface area contributed by atoms with Crippen molar-refractivity contribution in [3.05, 3.63) is 23.8 Å². The van der Waals surface area contributed by atoms with Crippen molar-refractivity contribution in [2.24, 2.45) is 0 Å². The first kappa shape index (κ1) is 8.75. The zero-order chi connectivity index (χ0) is 9.10. The Morgan fingerprint density at radius 1 is 1.31 bits per heavy atom. The van der Waals surface area contributed by atoms with Crippen molar-refractivity contribution in [1.29, 1.82) is 0 Å². The molecule has 0 saturated heterocycles. The van der Waals surface area contributed by atoms with Crippen LogP contribution in [-0.4, -0.2) is 12.5 Å². The fourth-order valence-corrected chi connectivity index (χ4v) is 1.87. The van der Waals surface area contributed by atoms with Crippen LogP contribution in [0.5, 0.6) is 11.5 Å². The van der Waals surface area contributed by atoms with Crippen molar-refractivity contribution < 1.29 is 9.47 Å². The van der Waals surface area contributed by atoms with Crippen LogP contribution in [-0.2, 0) is 5.75 Å². The van der Waals surface area contributed by atoms with E-state index in [-0.39, 0.29) is 0 Å². The van der Waals surface area contributed by atoms with Gasteiger partial charge in [-0.3, -0.25) is 0 Å². The van der Waals surface area contributed by atoms with E-state index in [0.717, 1.165) is 23.0 Å². The summed E-state index contributed by atoms with van der Waals surface area (Å²) in [4.78, 5) is 0. The van der Waals surface area contributed by atoms with E-state index in [1.54, 1.807) is 0 Å². The first-order valence-corrected chi connectivity index (χ1v) is 5.52. The Morgan fingerprint density at radius 2 is 2.15 bits per heavy atom. The van der Waals surface area contributed by atoms with Crippen LogP contribution in [0.25, 0.3) is 0 Å². The van der Waals surface area contributed by atoms with Gasteiger partial charge in [-0.1, -0.05) is 13.0 Å². The van der Waals surface area contributed by atoms with Gasteiger partial charge in [-0.2, -0.15) is 11.8 Å². The lowest BCUT2D eigenvalue weighted by molar-refractivity contribution is 0.174. The Bertz CT molecular complexity index is 299. The topological polar surface area (TPSA) is 18.5 Å². The molecule has 1 aromatic carbocycles. The normalized spacial score (nSPS) is 13.3. The highest BCUT2D eigenvalue weighted by Gasteiger charge is 2.12. The Kier molecular flexibility index (Phi) is 2.64. The zero-order valence-corrected chi connectivity index (χ0v) is 8.39. The number of fused-ring (bicyclic) bond motifs is 1. The number of hydrogen-bond acceptors (Lipinski definition) is 3. The maximum absolute atomic E-state index is 5.29. The lowest BCUT2D eigenvalue weighted by Gasteiger charge is -2.01. The van der Waals surface area contributed by atoms with Crippen LogP contribution in [0.2, 0.25) is 0 Å². The van der Waals surface area contributed by atoms with Crippen LogP contribution >= 0.6 is 11.8 Å². The first-order chi connectivity index (χ1) is 6.40. The largest absolute Gasteiger partial charge is 0.454 e. The van der Waals surface area contributed by atoms with Crippen molar-refractivity contribution >= 4 is 11.8 Å². The van der Waals surface area contributed by atoms with E-state index in [4.69, 9.17) is 9.47 Å². The Hall–Kier alpha value is -0.830. The first-order valence-electron chi connectivity index (χ1n) is 4.36. The van der Waals surface area contributed by atoms with Gasteiger partial charge >= 0.3 is 0 Å². The van der Waals surface area contributed by atoms with Crippen molar-refractivity contribution in [2.45, 2.75) is 12.7 Å². The van der Waals surface area contributed by atoms with E-state index >= 15 is 0 Å². The summed E-state index contributed by atoms with van der Waals surface area (Å²) in [5, 5.41) is 0. The molecule has 2 nitrogen and oxygen atoms in total. The van der Waals surface area contributed by atoms with Gasteiger partial charge in [0.15, 0.2) is 11.5 Å². The second kappa shape index (κ2) is 3.92. The van der Waals surface area contributed by atoms with Crippen molar-refractivity contribution in [2.75, 3.05) is 12.5 Å². The van der Waals surface area contributed by atoms with Gasteiger partial charge in [0.2, 0.25) is 6.79 Å². The van der Waals surface area contributed by atoms with Gasteiger partial charge in [0.25, 0.3) is 0 Å². The molecule has 13 heavy (non-hydrogen) atoms. The molecule has 70 valence electrons. The van der Waals surface area contributed by atoms with Gasteiger partial charge in [-0.15, -0.1) is 0 Å². The third-order valence-electron chi connectivity index (χ3n) is 1.91. The Balaban J connectivity index is 2.12. The summed E-state index contributed by atoms with van der Waals surface area (Å²) in [5.41, 5.74) is 1.30. The summed E-state index contributed by atoms with van der Waals surface area (Å²) in [7, 11) is 0. The highest BCUT2D eigenvalue weighted by atomic mass is 32.2.